The minimum Gasteiger partial charge on any atom is -0.444 e. The Bertz CT molecular complexity index is 829. The van der Waals surface area contributed by atoms with Gasteiger partial charge in [0.05, 0.1) is 5.92 Å². The van der Waals surface area contributed by atoms with Gasteiger partial charge in [-0.3, -0.25) is 4.79 Å². The second kappa shape index (κ2) is 9.63. The number of hydrogen-bond acceptors (Lipinski definition) is 6. The van der Waals surface area contributed by atoms with Crippen LogP contribution in [0.5, 0.6) is 0 Å². The first kappa shape index (κ1) is 22.8. The van der Waals surface area contributed by atoms with E-state index in [1.54, 1.807) is 11.2 Å². The van der Waals surface area contributed by atoms with Crippen LogP contribution >= 0.6 is 0 Å². The zero-order valence-electron chi connectivity index (χ0n) is 19.7. The summed E-state index contributed by atoms with van der Waals surface area (Å²) in [5.74, 6) is 0.999. The van der Waals surface area contributed by atoms with Gasteiger partial charge in [-0.2, -0.15) is 0 Å². The van der Waals surface area contributed by atoms with Crippen LogP contribution in [0, 0.1) is 5.92 Å². The van der Waals surface area contributed by atoms with E-state index in [1.165, 1.54) is 24.1 Å². The molecule has 8 nitrogen and oxygen atoms in total. The van der Waals surface area contributed by atoms with Gasteiger partial charge in [-0.15, -0.1) is 0 Å². The first-order valence-electron chi connectivity index (χ1n) is 12.2. The number of aromatic nitrogens is 2. The molecule has 1 atom stereocenters. The van der Waals surface area contributed by atoms with E-state index >= 15 is 0 Å². The Balaban J connectivity index is 1.28. The van der Waals surface area contributed by atoms with Gasteiger partial charge >= 0.3 is 6.09 Å². The van der Waals surface area contributed by atoms with Crippen LogP contribution in [0.3, 0.4) is 0 Å². The summed E-state index contributed by atoms with van der Waals surface area (Å²) in [4.78, 5) is 38.5. The summed E-state index contributed by atoms with van der Waals surface area (Å²) in [7, 11) is 0. The molecule has 0 saturated carbocycles. The summed E-state index contributed by atoms with van der Waals surface area (Å²) >= 11 is 0. The molecule has 4 rings (SSSR count). The van der Waals surface area contributed by atoms with Crippen molar-refractivity contribution in [1.82, 2.24) is 20.2 Å². The maximum absolute atomic E-state index is 12.9. The van der Waals surface area contributed by atoms with Crippen LogP contribution in [-0.4, -0.2) is 64.7 Å². The maximum Gasteiger partial charge on any atom is 0.410 e. The fourth-order valence-electron chi connectivity index (χ4n) is 5.01. The van der Waals surface area contributed by atoms with E-state index in [4.69, 9.17) is 4.74 Å². The number of amides is 2. The minimum atomic E-state index is -0.525. The Morgan fingerprint density at radius 1 is 1.03 bits per heavy atom. The molecule has 0 spiro atoms. The van der Waals surface area contributed by atoms with Gasteiger partial charge in [0.1, 0.15) is 17.7 Å². The highest BCUT2D eigenvalue weighted by atomic mass is 16.6. The van der Waals surface area contributed by atoms with Gasteiger partial charge in [-0.25, -0.2) is 14.8 Å². The first-order chi connectivity index (χ1) is 15.3. The van der Waals surface area contributed by atoms with Crippen LogP contribution < -0.4 is 10.2 Å². The number of aryl methyl sites for hydroxylation is 1. The predicted molar refractivity (Wildman–Crippen MR) is 123 cm³/mol. The maximum atomic E-state index is 12.9. The van der Waals surface area contributed by atoms with Crippen molar-refractivity contribution in [2.75, 3.05) is 31.1 Å². The minimum absolute atomic E-state index is 0.0659. The molecule has 1 N–H and O–H groups in total. The van der Waals surface area contributed by atoms with Crippen molar-refractivity contribution < 1.29 is 14.3 Å². The quantitative estimate of drug-likeness (QED) is 0.772. The third-order valence-electron chi connectivity index (χ3n) is 6.69. The van der Waals surface area contributed by atoms with Crippen molar-refractivity contribution >= 4 is 17.8 Å². The highest BCUT2D eigenvalue weighted by Gasteiger charge is 2.33. The number of hydrogen-bond donors (Lipinski definition) is 1. The molecule has 32 heavy (non-hydrogen) atoms. The topological polar surface area (TPSA) is 87.7 Å². The van der Waals surface area contributed by atoms with Crippen LogP contribution in [0.15, 0.2) is 6.33 Å². The van der Waals surface area contributed by atoms with Crippen molar-refractivity contribution in [3.63, 3.8) is 0 Å². The van der Waals surface area contributed by atoms with Gasteiger partial charge in [0.2, 0.25) is 5.91 Å². The largest absolute Gasteiger partial charge is 0.444 e. The summed E-state index contributed by atoms with van der Waals surface area (Å²) in [6.45, 7) is 8.47. The molecule has 1 unspecified atom stereocenters. The van der Waals surface area contributed by atoms with Crippen LogP contribution in [-0.2, 0) is 22.4 Å². The second-order valence-electron chi connectivity index (χ2n) is 10.4. The number of carbonyl (C=O) groups excluding carboxylic acids is 2. The lowest BCUT2D eigenvalue weighted by atomic mass is 9.94. The molecule has 2 fully saturated rings. The molecule has 1 aliphatic carbocycles. The molecule has 3 aliphatic rings. The van der Waals surface area contributed by atoms with Crippen molar-refractivity contribution in [2.45, 2.75) is 83.8 Å². The molecule has 176 valence electrons. The van der Waals surface area contributed by atoms with E-state index in [2.05, 4.69) is 20.2 Å². The van der Waals surface area contributed by atoms with Crippen molar-refractivity contribution in [3.8, 4) is 0 Å². The summed E-state index contributed by atoms with van der Waals surface area (Å²) < 4.78 is 5.49. The number of carbonyl (C=O) groups is 2. The van der Waals surface area contributed by atoms with Gasteiger partial charge in [0.25, 0.3) is 0 Å². The average molecular weight is 444 g/mol. The summed E-state index contributed by atoms with van der Waals surface area (Å²) in [5.41, 5.74) is 2.01. The molecule has 1 aromatic rings. The molecule has 2 amide bonds. The fourth-order valence-corrected chi connectivity index (χ4v) is 5.01. The molecule has 2 aliphatic heterocycles. The van der Waals surface area contributed by atoms with Crippen molar-refractivity contribution in [2.24, 2.45) is 5.92 Å². The molecule has 2 saturated heterocycles. The molecular weight excluding hydrogens is 406 g/mol. The SMILES string of the molecule is CC(C)(C)OC(=O)N1CCCC(C(=O)NC2CCN(c3ncnc4c3CCCC4)CC2)C1. The number of piperidine rings is 2. The average Bonchev–Trinajstić information content (AvgIpc) is 2.78. The van der Waals surface area contributed by atoms with E-state index in [9.17, 15) is 9.59 Å². The zero-order chi connectivity index (χ0) is 22.7. The fraction of sp³-hybridized carbons (Fsp3) is 0.750. The van der Waals surface area contributed by atoms with Gasteiger partial charge < -0.3 is 19.9 Å². The van der Waals surface area contributed by atoms with Crippen molar-refractivity contribution in [3.05, 3.63) is 17.6 Å². The highest BCUT2D eigenvalue weighted by Crippen LogP contribution is 2.29. The number of likely N-dealkylation sites (tertiary alicyclic amines) is 1. The van der Waals surface area contributed by atoms with Gasteiger partial charge in [0, 0.05) is 43.5 Å². The molecule has 0 aromatic carbocycles. The lowest BCUT2D eigenvalue weighted by Crippen LogP contribution is -2.51. The normalized spacial score (nSPS) is 22.3. The third kappa shape index (κ3) is 5.51. The Morgan fingerprint density at radius 3 is 2.53 bits per heavy atom. The Morgan fingerprint density at radius 2 is 1.78 bits per heavy atom. The Kier molecular flexibility index (Phi) is 6.86. The molecule has 8 heteroatoms. The molecule has 0 bridgehead atoms. The molecule has 0 radical (unpaired) electrons. The monoisotopic (exact) mass is 443 g/mol. The van der Waals surface area contributed by atoms with Crippen LogP contribution in [0.4, 0.5) is 10.6 Å². The number of nitrogens with zero attached hydrogens (tertiary/aromatic N) is 4. The van der Waals surface area contributed by atoms with Crippen LogP contribution in [0.1, 0.15) is 70.6 Å². The zero-order valence-corrected chi connectivity index (χ0v) is 19.7. The Labute approximate surface area is 191 Å². The first-order valence-corrected chi connectivity index (χ1v) is 12.2. The van der Waals surface area contributed by atoms with E-state index in [0.29, 0.717) is 13.1 Å². The predicted octanol–water partition coefficient (Wildman–Crippen LogP) is 3.09. The van der Waals surface area contributed by atoms with Crippen LogP contribution in [0.25, 0.3) is 0 Å². The molecule has 1 aromatic heterocycles. The van der Waals surface area contributed by atoms with Crippen molar-refractivity contribution in [1.29, 1.82) is 0 Å². The van der Waals surface area contributed by atoms with Gasteiger partial charge in [-0.05, 0) is 72.1 Å². The highest BCUT2D eigenvalue weighted by molar-refractivity contribution is 5.80. The third-order valence-corrected chi connectivity index (χ3v) is 6.69. The molecular formula is C24H37N5O3. The molecule has 3 heterocycles. The van der Waals surface area contributed by atoms with Gasteiger partial charge in [-0.1, -0.05) is 0 Å². The number of fused-ring (bicyclic) bond motifs is 1. The van der Waals surface area contributed by atoms with E-state index in [-0.39, 0.29) is 24.0 Å². The smallest absolute Gasteiger partial charge is 0.410 e. The lowest BCUT2D eigenvalue weighted by molar-refractivity contribution is -0.127. The number of anilines is 1. The lowest BCUT2D eigenvalue weighted by Gasteiger charge is -2.37. The second-order valence-corrected chi connectivity index (χ2v) is 10.4. The van der Waals surface area contributed by atoms with E-state index in [0.717, 1.165) is 57.4 Å². The van der Waals surface area contributed by atoms with Crippen LogP contribution in [0.2, 0.25) is 0 Å². The number of rotatable bonds is 3. The summed E-state index contributed by atoms with van der Waals surface area (Å²) in [6.07, 6.45) is 9.39. The van der Waals surface area contributed by atoms with Gasteiger partial charge in [0.15, 0.2) is 0 Å². The standard InChI is InChI=1S/C24H37N5O3/c1-24(2,3)32-23(31)29-12-6-7-17(15-29)22(30)27-18-10-13-28(14-11-18)21-19-8-4-5-9-20(19)25-16-26-21/h16-18H,4-15H2,1-3H3,(H,27,30). The summed E-state index contributed by atoms with van der Waals surface area (Å²) in [6, 6.07) is 0.174. The summed E-state index contributed by atoms with van der Waals surface area (Å²) in [5, 5.41) is 3.25. The Hall–Kier alpha value is -2.38. The number of nitrogens with one attached hydrogen (secondary N) is 1. The van der Waals surface area contributed by atoms with E-state index in [1.807, 2.05) is 20.8 Å². The van der Waals surface area contributed by atoms with E-state index < -0.39 is 5.60 Å². The number of ether oxygens (including phenoxy) is 1.